The van der Waals surface area contributed by atoms with E-state index < -0.39 is 0 Å². The molecule has 32 heavy (non-hydrogen) atoms. The van der Waals surface area contributed by atoms with E-state index in [-0.39, 0.29) is 5.54 Å². The third kappa shape index (κ3) is 4.99. The number of nitrogens with zero attached hydrogens (tertiary/aromatic N) is 2. The molecule has 4 rings (SSSR count). The standard InChI is InChI=1S/C28H31ClN2O/c1-5-15-31-27-14-9-21(16-26(27)20(2)18-28(31,3)4)19-30-23-10-12-24(13-11-23)32-25-8-6-7-22(29)17-25/h6-14,16-17,19-20H,5,15,18H2,1-4H3. The van der Waals surface area contributed by atoms with E-state index in [2.05, 4.69) is 55.8 Å². The van der Waals surface area contributed by atoms with Crippen LogP contribution in [0.25, 0.3) is 0 Å². The van der Waals surface area contributed by atoms with Crippen LogP contribution in [-0.4, -0.2) is 18.3 Å². The zero-order valence-corrected chi connectivity index (χ0v) is 20.1. The fraction of sp³-hybridized carbons (Fsp3) is 0.321. The van der Waals surface area contributed by atoms with E-state index in [1.807, 2.05) is 48.7 Å². The molecule has 0 amide bonds. The number of ether oxygens (including phenoxy) is 1. The van der Waals surface area contributed by atoms with Crippen LogP contribution in [0, 0.1) is 0 Å². The number of hydrogen-bond acceptors (Lipinski definition) is 3. The topological polar surface area (TPSA) is 24.8 Å². The van der Waals surface area contributed by atoms with Gasteiger partial charge in [0.15, 0.2) is 0 Å². The van der Waals surface area contributed by atoms with Crippen LogP contribution in [0.1, 0.15) is 57.6 Å². The molecule has 1 unspecified atom stereocenters. The lowest BCUT2D eigenvalue weighted by Gasteiger charge is -2.47. The summed E-state index contributed by atoms with van der Waals surface area (Å²) in [6, 6.07) is 21.9. The number of fused-ring (bicyclic) bond motifs is 1. The van der Waals surface area contributed by atoms with Gasteiger partial charge in [-0.15, -0.1) is 0 Å². The zero-order valence-electron chi connectivity index (χ0n) is 19.3. The summed E-state index contributed by atoms with van der Waals surface area (Å²) in [4.78, 5) is 7.25. The quantitative estimate of drug-likeness (QED) is 0.355. The van der Waals surface area contributed by atoms with Crippen molar-refractivity contribution in [3.05, 3.63) is 82.9 Å². The van der Waals surface area contributed by atoms with Gasteiger partial charge in [0.2, 0.25) is 0 Å². The van der Waals surface area contributed by atoms with Gasteiger partial charge in [0.1, 0.15) is 11.5 Å². The highest BCUT2D eigenvalue weighted by Gasteiger charge is 2.35. The summed E-state index contributed by atoms with van der Waals surface area (Å²) in [7, 11) is 0. The lowest BCUT2D eigenvalue weighted by atomic mass is 9.79. The van der Waals surface area contributed by atoms with Crippen molar-refractivity contribution in [1.29, 1.82) is 0 Å². The molecule has 1 atom stereocenters. The SMILES string of the molecule is CCCN1c2ccc(C=Nc3ccc(Oc4cccc(Cl)c4)cc3)cc2C(C)CC1(C)C. The normalized spacial score (nSPS) is 17.4. The fourth-order valence-electron chi connectivity index (χ4n) is 4.65. The Morgan fingerprint density at radius 1 is 1.06 bits per heavy atom. The first kappa shape index (κ1) is 22.4. The minimum atomic E-state index is 0.187. The average molecular weight is 447 g/mol. The van der Waals surface area contributed by atoms with Crippen LogP contribution in [0.5, 0.6) is 11.5 Å². The van der Waals surface area contributed by atoms with Gasteiger partial charge < -0.3 is 9.64 Å². The number of anilines is 1. The maximum atomic E-state index is 6.02. The van der Waals surface area contributed by atoms with Gasteiger partial charge in [0, 0.05) is 29.0 Å². The Balaban J connectivity index is 1.50. The third-order valence-electron chi connectivity index (χ3n) is 6.09. The molecule has 3 aromatic carbocycles. The summed E-state index contributed by atoms with van der Waals surface area (Å²) in [6.07, 6.45) is 4.26. The first-order valence-electron chi connectivity index (χ1n) is 11.3. The van der Waals surface area contributed by atoms with Gasteiger partial charge in [-0.3, -0.25) is 4.99 Å². The van der Waals surface area contributed by atoms with Gasteiger partial charge >= 0.3 is 0 Å². The van der Waals surface area contributed by atoms with Crippen LogP contribution in [0.3, 0.4) is 0 Å². The highest BCUT2D eigenvalue weighted by Crippen LogP contribution is 2.43. The van der Waals surface area contributed by atoms with E-state index in [9.17, 15) is 0 Å². The number of halogens is 1. The van der Waals surface area contributed by atoms with Gasteiger partial charge in [-0.1, -0.05) is 37.6 Å². The molecule has 0 fully saturated rings. The second-order valence-corrected chi connectivity index (χ2v) is 9.64. The van der Waals surface area contributed by atoms with Gasteiger partial charge in [0.05, 0.1) is 5.69 Å². The van der Waals surface area contributed by atoms with E-state index in [1.54, 1.807) is 6.07 Å². The summed E-state index contributed by atoms with van der Waals surface area (Å²) in [5.41, 5.74) is 5.00. The van der Waals surface area contributed by atoms with Crippen molar-refractivity contribution in [2.45, 2.75) is 52.0 Å². The van der Waals surface area contributed by atoms with Crippen molar-refractivity contribution < 1.29 is 4.74 Å². The van der Waals surface area contributed by atoms with Crippen LogP contribution in [0.15, 0.2) is 71.7 Å². The second-order valence-electron chi connectivity index (χ2n) is 9.20. The van der Waals surface area contributed by atoms with E-state index >= 15 is 0 Å². The second kappa shape index (κ2) is 9.38. The van der Waals surface area contributed by atoms with Gasteiger partial charge in [0.25, 0.3) is 0 Å². The van der Waals surface area contributed by atoms with Crippen LogP contribution in [0.2, 0.25) is 5.02 Å². The molecule has 3 nitrogen and oxygen atoms in total. The minimum absolute atomic E-state index is 0.187. The molecule has 1 aliphatic rings. The fourth-order valence-corrected chi connectivity index (χ4v) is 4.83. The molecule has 0 saturated heterocycles. The molecule has 0 aromatic heterocycles. The predicted octanol–water partition coefficient (Wildman–Crippen LogP) is 8.39. The summed E-state index contributed by atoms with van der Waals surface area (Å²) < 4.78 is 5.86. The molecule has 0 bridgehead atoms. The Hall–Kier alpha value is -2.78. The Labute approximate surface area is 196 Å². The van der Waals surface area contributed by atoms with Crippen molar-refractivity contribution in [2.24, 2.45) is 4.99 Å². The minimum Gasteiger partial charge on any atom is -0.457 e. The summed E-state index contributed by atoms with van der Waals surface area (Å²) in [5.74, 6) is 2.01. The molecule has 3 aromatic rings. The predicted molar refractivity (Wildman–Crippen MR) is 136 cm³/mol. The largest absolute Gasteiger partial charge is 0.457 e. The smallest absolute Gasteiger partial charge is 0.128 e. The Bertz CT molecular complexity index is 1100. The number of rotatable bonds is 6. The molecule has 166 valence electrons. The van der Waals surface area contributed by atoms with E-state index in [0.29, 0.717) is 10.9 Å². The third-order valence-corrected chi connectivity index (χ3v) is 6.32. The molecule has 0 N–H and O–H groups in total. The maximum absolute atomic E-state index is 6.02. The van der Waals surface area contributed by atoms with Crippen molar-refractivity contribution in [2.75, 3.05) is 11.4 Å². The Morgan fingerprint density at radius 2 is 1.84 bits per heavy atom. The highest BCUT2D eigenvalue weighted by atomic mass is 35.5. The molecule has 0 spiro atoms. The zero-order chi connectivity index (χ0) is 22.7. The molecule has 0 radical (unpaired) electrons. The lowest BCUT2D eigenvalue weighted by Crippen LogP contribution is -2.48. The molecule has 0 aliphatic carbocycles. The molecule has 1 heterocycles. The van der Waals surface area contributed by atoms with Crippen LogP contribution in [-0.2, 0) is 0 Å². The van der Waals surface area contributed by atoms with E-state index in [4.69, 9.17) is 16.3 Å². The molecular weight excluding hydrogens is 416 g/mol. The van der Waals surface area contributed by atoms with Gasteiger partial charge in [-0.25, -0.2) is 0 Å². The number of hydrogen-bond donors (Lipinski definition) is 0. The molecule has 1 aliphatic heterocycles. The van der Waals surface area contributed by atoms with E-state index in [0.717, 1.165) is 42.1 Å². The van der Waals surface area contributed by atoms with Gasteiger partial charge in [-0.05, 0) is 98.3 Å². The van der Waals surface area contributed by atoms with Crippen LogP contribution < -0.4 is 9.64 Å². The highest BCUT2D eigenvalue weighted by molar-refractivity contribution is 6.30. The lowest BCUT2D eigenvalue weighted by molar-refractivity contribution is 0.376. The Kier molecular flexibility index (Phi) is 6.57. The van der Waals surface area contributed by atoms with Crippen molar-refractivity contribution >= 4 is 29.2 Å². The average Bonchev–Trinajstić information content (AvgIpc) is 2.76. The summed E-state index contributed by atoms with van der Waals surface area (Å²) in [5, 5.41) is 0.657. The first-order chi connectivity index (χ1) is 15.4. The van der Waals surface area contributed by atoms with Crippen molar-refractivity contribution in [3.63, 3.8) is 0 Å². The van der Waals surface area contributed by atoms with Crippen molar-refractivity contribution in [3.8, 4) is 11.5 Å². The van der Waals surface area contributed by atoms with Gasteiger partial charge in [-0.2, -0.15) is 0 Å². The monoisotopic (exact) mass is 446 g/mol. The van der Waals surface area contributed by atoms with Crippen molar-refractivity contribution in [1.82, 2.24) is 0 Å². The van der Waals surface area contributed by atoms with E-state index in [1.165, 1.54) is 11.3 Å². The Morgan fingerprint density at radius 3 is 2.56 bits per heavy atom. The summed E-state index contributed by atoms with van der Waals surface area (Å²) >= 11 is 6.02. The first-order valence-corrected chi connectivity index (χ1v) is 11.7. The summed E-state index contributed by atoms with van der Waals surface area (Å²) in [6.45, 7) is 10.4. The number of aliphatic imine (C=N–C) groups is 1. The molecule has 0 saturated carbocycles. The van der Waals surface area contributed by atoms with Crippen LogP contribution >= 0.6 is 11.6 Å². The molecule has 4 heteroatoms. The maximum Gasteiger partial charge on any atom is 0.128 e. The number of benzene rings is 3. The van der Waals surface area contributed by atoms with Crippen LogP contribution in [0.4, 0.5) is 11.4 Å². The molecular formula is C28H31ClN2O.